The molecule has 1 amide bonds. The van der Waals surface area contributed by atoms with Gasteiger partial charge in [0.25, 0.3) is 0 Å². The van der Waals surface area contributed by atoms with Gasteiger partial charge in [0.1, 0.15) is 18.4 Å². The molecule has 1 aromatic heterocycles. The van der Waals surface area contributed by atoms with E-state index in [9.17, 15) is 4.79 Å². The van der Waals surface area contributed by atoms with E-state index in [1.165, 1.54) is 17.3 Å². The minimum Gasteiger partial charge on any atom is -0.467 e. The van der Waals surface area contributed by atoms with Crippen molar-refractivity contribution in [3.05, 3.63) is 40.9 Å². The quantitative estimate of drug-likeness (QED) is 0.665. The molecule has 0 aliphatic rings. The Bertz CT molecular complexity index is 755. The van der Waals surface area contributed by atoms with Crippen LogP contribution in [-0.4, -0.2) is 26.4 Å². The van der Waals surface area contributed by atoms with Crippen molar-refractivity contribution in [3.63, 3.8) is 0 Å². The summed E-state index contributed by atoms with van der Waals surface area (Å²) in [4.78, 5) is 15.0. The highest BCUT2D eigenvalue weighted by Crippen LogP contribution is 2.42. The molecular formula is C16H19Cl3N4O3. The second-order valence-corrected chi connectivity index (χ2v) is 7.56. The third kappa shape index (κ3) is 4.72. The Balaban J connectivity index is 2.34. The number of aromatic nitrogens is 3. The Morgan fingerprint density at radius 3 is 2.58 bits per heavy atom. The summed E-state index contributed by atoms with van der Waals surface area (Å²) in [7, 11) is 0. The van der Waals surface area contributed by atoms with Gasteiger partial charge in [0, 0.05) is 16.4 Å². The third-order valence-corrected chi connectivity index (χ3v) is 5.43. The van der Waals surface area contributed by atoms with Crippen molar-refractivity contribution in [2.75, 3.05) is 0 Å². The Hall–Kier alpha value is -1.70. The van der Waals surface area contributed by atoms with E-state index in [0.29, 0.717) is 15.8 Å². The van der Waals surface area contributed by atoms with Crippen LogP contribution in [0.1, 0.15) is 27.0 Å². The lowest BCUT2D eigenvalue weighted by Crippen LogP contribution is -2.42. The van der Waals surface area contributed by atoms with Crippen molar-refractivity contribution in [1.29, 1.82) is 0 Å². The number of primary amides is 1. The highest BCUT2D eigenvalue weighted by atomic mass is 35.5. The number of hydrogen-bond donors (Lipinski definition) is 1. The molecule has 26 heavy (non-hydrogen) atoms. The summed E-state index contributed by atoms with van der Waals surface area (Å²) < 4.78 is 12.6. The van der Waals surface area contributed by atoms with Gasteiger partial charge in [0.05, 0.1) is 5.02 Å². The standard InChI is InChI=1S/C16H19Cl3N4O3/c1-9(16(2,3)14(19)26-15(20)24)13(23-8-21-7-22-23)25-12-5-4-10(17)6-11(12)18/h4-9,13-14H,1-3H3,(H2,20,24). The number of carbonyl (C=O) groups excluding carboxylic acids is 1. The first-order valence-electron chi connectivity index (χ1n) is 7.69. The number of benzene rings is 1. The van der Waals surface area contributed by atoms with E-state index in [0.717, 1.165) is 0 Å². The van der Waals surface area contributed by atoms with Crippen LogP contribution < -0.4 is 10.5 Å². The van der Waals surface area contributed by atoms with Crippen LogP contribution in [0.3, 0.4) is 0 Å². The average Bonchev–Trinajstić information content (AvgIpc) is 3.07. The van der Waals surface area contributed by atoms with E-state index in [-0.39, 0.29) is 5.92 Å². The fourth-order valence-electron chi connectivity index (χ4n) is 2.26. The number of halogens is 3. The van der Waals surface area contributed by atoms with Gasteiger partial charge in [-0.2, -0.15) is 5.10 Å². The summed E-state index contributed by atoms with van der Waals surface area (Å²) in [6.45, 7) is 5.54. The minimum atomic E-state index is -0.981. The highest BCUT2D eigenvalue weighted by Gasteiger charge is 2.42. The molecule has 0 bridgehead atoms. The van der Waals surface area contributed by atoms with Gasteiger partial charge in [-0.1, -0.05) is 55.6 Å². The second-order valence-electron chi connectivity index (χ2n) is 6.32. The van der Waals surface area contributed by atoms with Gasteiger partial charge in [0.2, 0.25) is 0 Å². The first-order valence-corrected chi connectivity index (χ1v) is 8.88. The van der Waals surface area contributed by atoms with E-state index in [4.69, 9.17) is 50.0 Å². The zero-order valence-corrected chi connectivity index (χ0v) is 16.7. The number of hydrogen-bond acceptors (Lipinski definition) is 5. The van der Waals surface area contributed by atoms with Crippen molar-refractivity contribution in [2.45, 2.75) is 32.6 Å². The first-order chi connectivity index (χ1) is 12.1. The number of nitrogens with zero attached hydrogens (tertiary/aromatic N) is 3. The largest absolute Gasteiger partial charge is 0.467 e. The van der Waals surface area contributed by atoms with Crippen molar-refractivity contribution < 1.29 is 14.3 Å². The maximum atomic E-state index is 11.1. The maximum absolute atomic E-state index is 11.1. The number of amides is 1. The monoisotopic (exact) mass is 420 g/mol. The summed E-state index contributed by atoms with van der Waals surface area (Å²) in [5, 5.41) is 4.99. The second kappa shape index (κ2) is 8.33. The van der Waals surface area contributed by atoms with Crippen LogP contribution in [-0.2, 0) is 4.74 Å². The Morgan fingerprint density at radius 2 is 2.04 bits per heavy atom. The zero-order valence-electron chi connectivity index (χ0n) is 14.4. The fraction of sp³-hybridized carbons (Fsp3) is 0.438. The number of ether oxygens (including phenoxy) is 2. The van der Waals surface area contributed by atoms with Gasteiger partial charge in [-0.25, -0.2) is 14.5 Å². The van der Waals surface area contributed by atoms with Crippen molar-refractivity contribution in [2.24, 2.45) is 17.1 Å². The summed E-state index contributed by atoms with van der Waals surface area (Å²) in [5.41, 5.74) is 3.37. The molecule has 2 aromatic rings. The lowest BCUT2D eigenvalue weighted by molar-refractivity contribution is -0.0361. The molecule has 0 aliphatic heterocycles. The molecule has 0 saturated carbocycles. The zero-order chi connectivity index (χ0) is 19.5. The Kier molecular flexibility index (Phi) is 6.60. The minimum absolute atomic E-state index is 0.294. The summed E-state index contributed by atoms with van der Waals surface area (Å²) in [5.74, 6) is 0.124. The molecule has 7 nitrogen and oxygen atoms in total. The number of rotatable bonds is 7. The van der Waals surface area contributed by atoms with Crippen LogP contribution in [0.4, 0.5) is 4.79 Å². The summed E-state index contributed by atoms with van der Waals surface area (Å²) in [6.07, 6.45) is 1.31. The number of nitrogens with two attached hydrogens (primary N) is 1. The van der Waals surface area contributed by atoms with Gasteiger partial charge in [-0.05, 0) is 18.2 Å². The van der Waals surface area contributed by atoms with Crippen LogP contribution in [0.2, 0.25) is 10.0 Å². The summed E-state index contributed by atoms with van der Waals surface area (Å²) in [6, 6.07) is 4.90. The topological polar surface area (TPSA) is 92.3 Å². The number of alkyl halides is 1. The van der Waals surface area contributed by atoms with Gasteiger partial charge in [-0.3, -0.25) is 0 Å². The molecule has 0 radical (unpaired) electrons. The van der Waals surface area contributed by atoms with Gasteiger partial charge in [-0.15, -0.1) is 0 Å². The molecule has 2 N–H and O–H groups in total. The molecule has 0 fully saturated rings. The Morgan fingerprint density at radius 1 is 1.35 bits per heavy atom. The van der Waals surface area contributed by atoms with Gasteiger partial charge >= 0.3 is 6.09 Å². The van der Waals surface area contributed by atoms with Crippen LogP contribution >= 0.6 is 34.8 Å². The molecule has 0 aliphatic carbocycles. The maximum Gasteiger partial charge on any atom is 0.406 e. The van der Waals surface area contributed by atoms with Crippen LogP contribution in [0.15, 0.2) is 30.9 Å². The normalized spacial score (nSPS) is 15.2. The molecule has 10 heteroatoms. The SMILES string of the molecule is CC(C(Oc1ccc(Cl)cc1Cl)n1cncn1)C(C)(C)C(Cl)OC(N)=O. The van der Waals surface area contributed by atoms with E-state index in [2.05, 4.69) is 10.1 Å². The molecule has 3 atom stereocenters. The predicted octanol–water partition coefficient (Wildman–Crippen LogP) is 4.49. The molecule has 142 valence electrons. The molecular weight excluding hydrogens is 403 g/mol. The first kappa shape index (κ1) is 20.6. The highest BCUT2D eigenvalue weighted by molar-refractivity contribution is 6.35. The van der Waals surface area contributed by atoms with Crippen molar-refractivity contribution in [1.82, 2.24) is 14.8 Å². The Labute approximate surface area is 166 Å². The molecule has 3 unspecified atom stereocenters. The molecule has 1 heterocycles. The van der Waals surface area contributed by atoms with E-state index >= 15 is 0 Å². The smallest absolute Gasteiger partial charge is 0.406 e. The number of carbonyl (C=O) groups is 1. The molecule has 0 spiro atoms. The third-order valence-electron chi connectivity index (χ3n) is 4.24. The van der Waals surface area contributed by atoms with Crippen molar-refractivity contribution >= 4 is 40.9 Å². The lowest BCUT2D eigenvalue weighted by atomic mass is 9.79. The molecule has 1 aromatic carbocycles. The van der Waals surface area contributed by atoms with E-state index in [1.807, 2.05) is 20.8 Å². The lowest BCUT2D eigenvalue weighted by Gasteiger charge is -2.39. The van der Waals surface area contributed by atoms with Gasteiger partial charge < -0.3 is 15.2 Å². The van der Waals surface area contributed by atoms with Crippen molar-refractivity contribution in [3.8, 4) is 5.75 Å². The van der Waals surface area contributed by atoms with E-state index in [1.54, 1.807) is 18.2 Å². The van der Waals surface area contributed by atoms with E-state index < -0.39 is 23.3 Å². The van der Waals surface area contributed by atoms with Crippen LogP contribution in [0.25, 0.3) is 0 Å². The molecule has 0 saturated heterocycles. The molecule has 2 rings (SSSR count). The van der Waals surface area contributed by atoms with Crippen LogP contribution in [0.5, 0.6) is 5.75 Å². The average molecular weight is 422 g/mol. The summed E-state index contributed by atoms with van der Waals surface area (Å²) >= 11 is 18.4. The predicted molar refractivity (Wildman–Crippen MR) is 99.4 cm³/mol. The van der Waals surface area contributed by atoms with Gasteiger partial charge in [0.15, 0.2) is 11.8 Å². The van der Waals surface area contributed by atoms with Crippen LogP contribution in [0, 0.1) is 11.3 Å². The fourth-order valence-corrected chi connectivity index (χ4v) is 3.00.